The Morgan fingerprint density at radius 2 is 2.08 bits per heavy atom. The van der Waals surface area contributed by atoms with Gasteiger partial charge in [0.2, 0.25) is 0 Å². The number of aldehydes is 1. The predicted octanol–water partition coefficient (Wildman–Crippen LogP) is 2.04. The summed E-state index contributed by atoms with van der Waals surface area (Å²) >= 11 is 0. The van der Waals surface area contributed by atoms with Gasteiger partial charge < -0.3 is 4.79 Å². The minimum Gasteiger partial charge on any atom is -0.303 e. The zero-order chi connectivity index (χ0) is 8.97. The zero-order valence-corrected chi connectivity index (χ0v) is 6.39. The summed E-state index contributed by atoms with van der Waals surface area (Å²) in [6, 6.07) is 3.76. The Morgan fingerprint density at radius 1 is 1.33 bits per heavy atom. The molecule has 0 fully saturated rings. The first-order chi connectivity index (χ1) is 5.77. The Bertz CT molecular complexity index is 284. The molecule has 1 aromatic carbocycles. The summed E-state index contributed by atoms with van der Waals surface area (Å²) in [6.45, 7) is -0.735. The molecule has 0 aliphatic carbocycles. The van der Waals surface area contributed by atoms with E-state index in [1.54, 1.807) is 0 Å². The summed E-state index contributed by atoms with van der Waals surface area (Å²) in [5, 5.41) is 0. The van der Waals surface area contributed by atoms with Crippen molar-refractivity contribution < 1.29 is 13.6 Å². The van der Waals surface area contributed by atoms with Crippen molar-refractivity contribution in [3.05, 3.63) is 35.1 Å². The molecule has 0 heterocycles. The second-order valence-corrected chi connectivity index (χ2v) is 2.42. The molecule has 0 spiro atoms. The number of carbonyl (C=O) groups is 1. The van der Waals surface area contributed by atoms with E-state index in [2.05, 4.69) is 0 Å². The number of hydrogen-bond acceptors (Lipinski definition) is 1. The molecule has 0 bridgehead atoms. The standard InChI is InChI=1S/C9H8F2O/c10-6-8-5-9(11)2-1-7(8)3-4-12/h1-2,4-5H,3,6H2. The smallest absolute Gasteiger partial charge is 0.124 e. The molecule has 1 nitrogen and oxygen atoms in total. The van der Waals surface area contributed by atoms with Crippen LogP contribution in [0.3, 0.4) is 0 Å². The fraction of sp³-hybridized carbons (Fsp3) is 0.222. The molecule has 12 heavy (non-hydrogen) atoms. The predicted molar refractivity (Wildman–Crippen MR) is 41.0 cm³/mol. The Morgan fingerprint density at radius 3 is 2.67 bits per heavy atom. The molecule has 0 saturated carbocycles. The third-order valence-corrected chi connectivity index (χ3v) is 1.62. The van der Waals surface area contributed by atoms with Gasteiger partial charge in [-0.05, 0) is 23.3 Å². The summed E-state index contributed by atoms with van der Waals surface area (Å²) < 4.78 is 24.7. The summed E-state index contributed by atoms with van der Waals surface area (Å²) in [7, 11) is 0. The third kappa shape index (κ3) is 1.87. The van der Waals surface area contributed by atoms with E-state index in [0.717, 1.165) is 6.07 Å². The van der Waals surface area contributed by atoms with E-state index >= 15 is 0 Å². The molecular formula is C9H8F2O. The molecule has 0 radical (unpaired) electrons. The molecule has 0 unspecified atom stereocenters. The van der Waals surface area contributed by atoms with Crippen molar-refractivity contribution in [1.29, 1.82) is 0 Å². The summed E-state index contributed by atoms with van der Waals surface area (Å²) in [5.74, 6) is -0.475. The van der Waals surface area contributed by atoms with Crippen LogP contribution in [0.15, 0.2) is 18.2 Å². The van der Waals surface area contributed by atoms with Crippen LogP contribution in [0, 0.1) is 5.82 Å². The van der Waals surface area contributed by atoms with Crippen molar-refractivity contribution in [1.82, 2.24) is 0 Å². The molecule has 0 aromatic heterocycles. The minimum absolute atomic E-state index is 0.138. The Hall–Kier alpha value is -1.25. The molecule has 0 N–H and O–H groups in total. The number of hydrogen-bond donors (Lipinski definition) is 0. The SMILES string of the molecule is O=CCc1ccc(F)cc1CF. The quantitative estimate of drug-likeness (QED) is 0.634. The average molecular weight is 170 g/mol. The summed E-state index contributed by atoms with van der Waals surface area (Å²) in [5.41, 5.74) is 0.802. The van der Waals surface area contributed by atoms with E-state index in [1.165, 1.54) is 12.1 Å². The lowest BCUT2D eigenvalue weighted by Gasteiger charge is -2.01. The number of alkyl halides is 1. The molecule has 3 heteroatoms. The molecule has 64 valence electrons. The lowest BCUT2D eigenvalue weighted by molar-refractivity contribution is -0.107. The Labute approximate surface area is 69.0 Å². The fourth-order valence-corrected chi connectivity index (χ4v) is 1.01. The van der Waals surface area contributed by atoms with Gasteiger partial charge in [-0.15, -0.1) is 0 Å². The highest BCUT2D eigenvalue weighted by molar-refractivity contribution is 5.56. The molecule has 1 rings (SSSR count). The minimum atomic E-state index is -0.735. The van der Waals surface area contributed by atoms with E-state index in [0.29, 0.717) is 11.8 Å². The van der Waals surface area contributed by atoms with Crippen LogP contribution in [-0.2, 0) is 17.9 Å². The first kappa shape index (κ1) is 8.84. The van der Waals surface area contributed by atoms with Crippen molar-refractivity contribution in [3.63, 3.8) is 0 Å². The first-order valence-electron chi connectivity index (χ1n) is 3.55. The first-order valence-corrected chi connectivity index (χ1v) is 3.55. The van der Waals surface area contributed by atoms with Crippen LogP contribution in [0.1, 0.15) is 11.1 Å². The lowest BCUT2D eigenvalue weighted by atomic mass is 10.1. The monoisotopic (exact) mass is 170 g/mol. The van der Waals surface area contributed by atoms with E-state index < -0.39 is 12.5 Å². The molecule has 0 aliphatic heterocycles. The van der Waals surface area contributed by atoms with Crippen molar-refractivity contribution in [2.75, 3.05) is 0 Å². The normalized spacial score (nSPS) is 9.83. The zero-order valence-electron chi connectivity index (χ0n) is 6.39. The van der Waals surface area contributed by atoms with E-state index in [4.69, 9.17) is 0 Å². The van der Waals surface area contributed by atoms with E-state index in [1.807, 2.05) is 0 Å². The van der Waals surface area contributed by atoms with Crippen LogP contribution in [0.2, 0.25) is 0 Å². The molecule has 0 saturated heterocycles. The molecule has 0 atom stereocenters. The average Bonchev–Trinajstić information content (AvgIpc) is 2.08. The van der Waals surface area contributed by atoms with Gasteiger partial charge in [0.05, 0.1) is 0 Å². The second kappa shape index (κ2) is 3.95. The van der Waals surface area contributed by atoms with Crippen molar-refractivity contribution in [2.24, 2.45) is 0 Å². The van der Waals surface area contributed by atoms with Gasteiger partial charge in [-0.2, -0.15) is 0 Å². The highest BCUT2D eigenvalue weighted by Gasteiger charge is 2.02. The lowest BCUT2D eigenvalue weighted by Crippen LogP contribution is -1.93. The van der Waals surface area contributed by atoms with Crippen molar-refractivity contribution >= 4 is 6.29 Å². The van der Waals surface area contributed by atoms with Gasteiger partial charge in [-0.25, -0.2) is 8.78 Å². The topological polar surface area (TPSA) is 17.1 Å². The number of carbonyl (C=O) groups excluding carboxylic acids is 1. The maximum atomic E-state index is 12.5. The van der Waals surface area contributed by atoms with Crippen LogP contribution in [0.4, 0.5) is 8.78 Å². The van der Waals surface area contributed by atoms with Gasteiger partial charge in [0.25, 0.3) is 0 Å². The summed E-state index contributed by atoms with van der Waals surface area (Å²) in [4.78, 5) is 10.1. The third-order valence-electron chi connectivity index (χ3n) is 1.62. The van der Waals surface area contributed by atoms with Crippen LogP contribution >= 0.6 is 0 Å². The van der Waals surface area contributed by atoms with Gasteiger partial charge in [-0.1, -0.05) is 6.07 Å². The number of halogens is 2. The molecule has 0 aliphatic rings. The van der Waals surface area contributed by atoms with Gasteiger partial charge in [0, 0.05) is 6.42 Å². The molecule has 1 aromatic rings. The molecular weight excluding hydrogens is 162 g/mol. The van der Waals surface area contributed by atoms with Gasteiger partial charge >= 0.3 is 0 Å². The van der Waals surface area contributed by atoms with Gasteiger partial charge in [-0.3, -0.25) is 0 Å². The second-order valence-electron chi connectivity index (χ2n) is 2.42. The fourth-order valence-electron chi connectivity index (χ4n) is 1.01. The van der Waals surface area contributed by atoms with E-state index in [-0.39, 0.29) is 12.0 Å². The largest absolute Gasteiger partial charge is 0.303 e. The van der Waals surface area contributed by atoms with Crippen molar-refractivity contribution in [2.45, 2.75) is 13.1 Å². The molecule has 0 amide bonds. The Balaban J connectivity index is 3.01. The number of rotatable bonds is 3. The van der Waals surface area contributed by atoms with Crippen molar-refractivity contribution in [3.8, 4) is 0 Å². The maximum Gasteiger partial charge on any atom is 0.124 e. The summed E-state index contributed by atoms with van der Waals surface area (Å²) in [6.07, 6.45) is 0.811. The van der Waals surface area contributed by atoms with Gasteiger partial charge in [0.15, 0.2) is 0 Å². The highest BCUT2D eigenvalue weighted by Crippen LogP contribution is 2.12. The maximum absolute atomic E-state index is 12.5. The van der Waals surface area contributed by atoms with Gasteiger partial charge in [0.1, 0.15) is 18.8 Å². The van der Waals surface area contributed by atoms with Crippen LogP contribution < -0.4 is 0 Å². The Kier molecular flexibility index (Phi) is 2.91. The van der Waals surface area contributed by atoms with Crippen LogP contribution in [-0.4, -0.2) is 6.29 Å². The highest BCUT2D eigenvalue weighted by atomic mass is 19.1. The van der Waals surface area contributed by atoms with Crippen LogP contribution in [0.25, 0.3) is 0 Å². The number of benzene rings is 1. The van der Waals surface area contributed by atoms with Crippen LogP contribution in [0.5, 0.6) is 0 Å². The van der Waals surface area contributed by atoms with E-state index in [9.17, 15) is 13.6 Å².